The number of ether oxygens (including phenoxy) is 1. The van der Waals surface area contributed by atoms with Crippen LogP contribution in [0, 0.1) is 5.92 Å². The summed E-state index contributed by atoms with van der Waals surface area (Å²) in [5, 5.41) is 0. The molecule has 128 valence electrons. The van der Waals surface area contributed by atoms with Crippen LogP contribution in [0.4, 0.5) is 0 Å². The highest BCUT2D eigenvalue weighted by Crippen LogP contribution is 2.34. The van der Waals surface area contributed by atoms with Crippen LogP contribution < -0.4 is 0 Å². The summed E-state index contributed by atoms with van der Waals surface area (Å²) in [6.45, 7) is 12.9. The van der Waals surface area contributed by atoms with Crippen molar-refractivity contribution in [2.45, 2.75) is 33.8 Å². The molecule has 0 fully saturated rings. The van der Waals surface area contributed by atoms with E-state index in [0.717, 1.165) is 31.9 Å². The van der Waals surface area contributed by atoms with Gasteiger partial charge in [-0.1, -0.05) is 18.2 Å². The topological polar surface area (TPSA) is 15.5 Å². The lowest BCUT2D eigenvalue weighted by molar-refractivity contribution is -0.519. The van der Waals surface area contributed by atoms with Gasteiger partial charge in [-0.3, -0.25) is 0 Å². The lowest BCUT2D eigenvalue weighted by Crippen LogP contribution is -2.30. The molecular formula is C21H29N2O+. The van der Waals surface area contributed by atoms with Crippen molar-refractivity contribution in [1.82, 2.24) is 4.90 Å². The van der Waals surface area contributed by atoms with E-state index < -0.39 is 0 Å². The van der Waals surface area contributed by atoms with Gasteiger partial charge < -0.3 is 9.64 Å². The van der Waals surface area contributed by atoms with Crippen molar-refractivity contribution in [3.8, 4) is 0 Å². The Labute approximate surface area is 146 Å². The fraction of sp³-hybridized carbons (Fsp3) is 0.476. The molecule has 3 rings (SSSR count). The maximum absolute atomic E-state index is 6.37. The monoisotopic (exact) mass is 325 g/mol. The van der Waals surface area contributed by atoms with E-state index in [-0.39, 0.29) is 12.0 Å². The highest BCUT2D eigenvalue weighted by atomic mass is 16.5. The minimum Gasteiger partial charge on any atom is -0.485 e. The zero-order valence-corrected chi connectivity index (χ0v) is 15.3. The maximum Gasteiger partial charge on any atom is 0.202 e. The van der Waals surface area contributed by atoms with Crippen LogP contribution >= 0.6 is 0 Å². The number of allylic oxidation sites excluding steroid dienone is 4. The summed E-state index contributed by atoms with van der Waals surface area (Å²) in [5.74, 6) is 1.34. The van der Waals surface area contributed by atoms with Gasteiger partial charge in [0.1, 0.15) is 25.0 Å². The molecule has 0 radical (unpaired) electrons. The van der Waals surface area contributed by atoms with Crippen LogP contribution in [0.2, 0.25) is 0 Å². The average molecular weight is 325 g/mol. The second-order valence-corrected chi connectivity index (χ2v) is 6.33. The largest absolute Gasteiger partial charge is 0.485 e. The van der Waals surface area contributed by atoms with E-state index in [9.17, 15) is 0 Å². The van der Waals surface area contributed by atoms with E-state index >= 15 is 0 Å². The van der Waals surface area contributed by atoms with Crippen molar-refractivity contribution in [2.75, 3.05) is 26.2 Å². The van der Waals surface area contributed by atoms with Crippen LogP contribution in [0.1, 0.15) is 27.7 Å². The number of rotatable bonds is 5. The minimum atomic E-state index is 0.0394. The zero-order valence-electron chi connectivity index (χ0n) is 15.3. The SMILES string of the molecule is CCN(CC)C1=CC2OC3=CC(=[N+](CC)CC)C=CC3C=C2C=C1. The lowest BCUT2D eigenvalue weighted by atomic mass is 9.90. The van der Waals surface area contributed by atoms with Crippen LogP contribution in [0.25, 0.3) is 0 Å². The first-order valence-corrected chi connectivity index (χ1v) is 9.25. The van der Waals surface area contributed by atoms with Crippen LogP contribution in [0.5, 0.6) is 0 Å². The normalized spacial score (nSPS) is 24.3. The van der Waals surface area contributed by atoms with Gasteiger partial charge in [0, 0.05) is 30.9 Å². The predicted octanol–water partition coefficient (Wildman–Crippen LogP) is 3.67. The number of fused-ring (bicyclic) bond motifs is 2. The molecule has 0 aromatic carbocycles. The third kappa shape index (κ3) is 3.12. The van der Waals surface area contributed by atoms with E-state index in [0.29, 0.717) is 0 Å². The van der Waals surface area contributed by atoms with E-state index in [1.54, 1.807) is 0 Å². The molecule has 2 aliphatic carbocycles. The molecule has 2 atom stereocenters. The standard InChI is InChI=1S/C21H29N2O/c1-5-22(6-2)18-11-9-16-13-17-10-12-19(23(7-3)8-4)15-21(17)24-20(16)14-18/h9-16,21H,5-8H2,1-4H3/q+1. The van der Waals surface area contributed by atoms with E-state index in [1.165, 1.54) is 17.0 Å². The van der Waals surface area contributed by atoms with Gasteiger partial charge in [0.15, 0.2) is 0 Å². The molecule has 0 spiro atoms. The number of hydrogen-bond acceptors (Lipinski definition) is 2. The van der Waals surface area contributed by atoms with Gasteiger partial charge in [0.05, 0.1) is 5.92 Å². The molecule has 0 aromatic heterocycles. The Morgan fingerprint density at radius 1 is 1.00 bits per heavy atom. The first-order chi connectivity index (χ1) is 11.7. The van der Waals surface area contributed by atoms with Crippen molar-refractivity contribution in [3.05, 3.63) is 59.6 Å². The Balaban J connectivity index is 1.89. The molecule has 24 heavy (non-hydrogen) atoms. The Bertz CT molecular complexity index is 666. The van der Waals surface area contributed by atoms with Crippen LogP contribution in [0.3, 0.4) is 0 Å². The molecule has 0 amide bonds. The Morgan fingerprint density at radius 3 is 2.42 bits per heavy atom. The molecule has 3 heteroatoms. The van der Waals surface area contributed by atoms with Gasteiger partial charge in [0.25, 0.3) is 0 Å². The quantitative estimate of drug-likeness (QED) is 0.717. The van der Waals surface area contributed by atoms with Crippen LogP contribution in [-0.2, 0) is 4.74 Å². The highest BCUT2D eigenvalue weighted by molar-refractivity contribution is 6.01. The molecule has 1 aliphatic heterocycles. The Hall–Kier alpha value is -2.03. The smallest absolute Gasteiger partial charge is 0.202 e. The van der Waals surface area contributed by atoms with Crippen molar-refractivity contribution in [2.24, 2.45) is 5.92 Å². The van der Waals surface area contributed by atoms with Crippen molar-refractivity contribution in [1.29, 1.82) is 0 Å². The molecule has 0 N–H and O–H groups in total. The van der Waals surface area contributed by atoms with Gasteiger partial charge in [-0.2, -0.15) is 0 Å². The fourth-order valence-electron chi connectivity index (χ4n) is 3.61. The first kappa shape index (κ1) is 16.8. The van der Waals surface area contributed by atoms with Crippen LogP contribution in [-0.4, -0.2) is 47.5 Å². The molecule has 1 heterocycles. The molecule has 0 aromatic rings. The summed E-state index contributed by atoms with van der Waals surface area (Å²) in [4.78, 5) is 2.37. The van der Waals surface area contributed by atoms with Crippen LogP contribution in [0.15, 0.2) is 59.6 Å². The number of likely N-dealkylation sites (N-methyl/N-ethyl adjacent to an activating group) is 1. The summed E-state index contributed by atoms with van der Waals surface area (Å²) >= 11 is 0. The summed E-state index contributed by atoms with van der Waals surface area (Å²) in [6, 6.07) is 0. The van der Waals surface area contributed by atoms with Gasteiger partial charge in [-0.25, -0.2) is 4.58 Å². The summed E-state index contributed by atoms with van der Waals surface area (Å²) in [5.41, 5.74) is 3.78. The first-order valence-electron chi connectivity index (χ1n) is 9.25. The van der Waals surface area contributed by atoms with Crippen molar-refractivity contribution >= 4 is 5.71 Å². The van der Waals surface area contributed by atoms with Gasteiger partial charge in [-0.15, -0.1) is 0 Å². The summed E-state index contributed by atoms with van der Waals surface area (Å²) < 4.78 is 8.73. The number of nitrogens with zero attached hydrogens (tertiary/aromatic N) is 2. The second-order valence-electron chi connectivity index (χ2n) is 6.33. The highest BCUT2D eigenvalue weighted by Gasteiger charge is 2.30. The van der Waals surface area contributed by atoms with E-state index in [1.807, 2.05) is 0 Å². The molecule has 2 unspecified atom stereocenters. The zero-order chi connectivity index (χ0) is 17.1. The maximum atomic E-state index is 6.37. The molecule has 3 nitrogen and oxygen atoms in total. The molecule has 0 saturated heterocycles. The summed E-state index contributed by atoms with van der Waals surface area (Å²) in [7, 11) is 0. The lowest BCUT2D eigenvalue weighted by Gasteiger charge is -2.33. The van der Waals surface area contributed by atoms with Crippen molar-refractivity contribution in [3.63, 3.8) is 0 Å². The van der Waals surface area contributed by atoms with E-state index in [4.69, 9.17) is 4.74 Å². The Morgan fingerprint density at radius 2 is 1.75 bits per heavy atom. The van der Waals surface area contributed by atoms with Crippen molar-refractivity contribution < 1.29 is 9.31 Å². The fourth-order valence-corrected chi connectivity index (χ4v) is 3.61. The van der Waals surface area contributed by atoms with Gasteiger partial charge >= 0.3 is 0 Å². The molecule has 0 bridgehead atoms. The minimum absolute atomic E-state index is 0.0394. The average Bonchev–Trinajstić information content (AvgIpc) is 2.62. The Kier molecular flexibility index (Phi) is 5.08. The number of hydrogen-bond donors (Lipinski definition) is 0. The third-order valence-corrected chi connectivity index (χ3v) is 5.08. The molecular weight excluding hydrogens is 296 g/mol. The van der Waals surface area contributed by atoms with Gasteiger partial charge in [0.2, 0.25) is 5.71 Å². The second kappa shape index (κ2) is 7.25. The van der Waals surface area contributed by atoms with Gasteiger partial charge in [-0.05, 0) is 45.4 Å². The molecule has 0 saturated carbocycles. The van der Waals surface area contributed by atoms with E-state index in [2.05, 4.69) is 79.7 Å². The summed E-state index contributed by atoms with van der Waals surface area (Å²) in [6.07, 6.45) is 15.8. The third-order valence-electron chi connectivity index (χ3n) is 5.08. The molecule has 3 aliphatic rings. The predicted molar refractivity (Wildman–Crippen MR) is 100 cm³/mol.